The summed E-state index contributed by atoms with van der Waals surface area (Å²) in [5, 5.41) is 10.6. The molecule has 3 aromatic rings. The minimum Gasteiger partial charge on any atom is -0.468 e. The number of ether oxygens (including phenoxy) is 1. The largest absolute Gasteiger partial charge is 0.468 e. The highest BCUT2D eigenvalue weighted by Gasteiger charge is 2.54. The van der Waals surface area contributed by atoms with Crippen molar-refractivity contribution in [1.82, 2.24) is 25.2 Å². The van der Waals surface area contributed by atoms with Gasteiger partial charge in [0.15, 0.2) is 0 Å². The van der Waals surface area contributed by atoms with Gasteiger partial charge >= 0.3 is 5.97 Å². The molecule has 2 amide bonds. The van der Waals surface area contributed by atoms with Gasteiger partial charge in [0.1, 0.15) is 23.1 Å². The van der Waals surface area contributed by atoms with Gasteiger partial charge in [0.2, 0.25) is 0 Å². The van der Waals surface area contributed by atoms with E-state index in [1.165, 1.54) is 12.0 Å². The molecule has 1 aromatic heterocycles. The van der Waals surface area contributed by atoms with Crippen LogP contribution in [0.1, 0.15) is 23.2 Å². The number of hydrogen-bond donors (Lipinski definition) is 1. The molecule has 2 fully saturated rings. The Balaban J connectivity index is 1.38. The van der Waals surface area contributed by atoms with Gasteiger partial charge in [0, 0.05) is 24.3 Å². The molecule has 0 saturated carbocycles. The fourth-order valence-corrected chi connectivity index (χ4v) is 4.78. The number of fused-ring (bicyclic) bond motifs is 1. The van der Waals surface area contributed by atoms with Gasteiger partial charge in [-0.25, -0.2) is 0 Å². The minimum atomic E-state index is -0.803. The highest BCUT2D eigenvalue weighted by Crippen LogP contribution is 2.39. The minimum absolute atomic E-state index is 0.0965. The van der Waals surface area contributed by atoms with Gasteiger partial charge in [-0.1, -0.05) is 18.2 Å². The Kier molecular flexibility index (Phi) is 5.20. The SMILES string of the molecule is COC(=O)CN1CN(c2ccccc2)C2(CCN(C(=O)c3ccc4n[nH]nc4c3)CC2)C1=O. The van der Waals surface area contributed by atoms with E-state index in [-0.39, 0.29) is 18.4 Å². The number of carbonyl (C=O) groups excluding carboxylic acids is 3. The molecule has 5 rings (SSSR count). The standard InChI is InChI=1S/C23H24N6O4/c1-33-20(30)14-28-15-29(17-5-3-2-4-6-17)23(22(28)32)9-11-27(12-10-23)21(31)16-7-8-18-19(13-16)25-26-24-18/h2-8,13H,9-12,14-15H2,1H3,(H,24,25,26). The van der Waals surface area contributed by atoms with Crippen LogP contribution in [-0.2, 0) is 14.3 Å². The molecule has 1 spiro atoms. The number of esters is 1. The zero-order valence-electron chi connectivity index (χ0n) is 18.2. The highest BCUT2D eigenvalue weighted by atomic mass is 16.5. The maximum Gasteiger partial charge on any atom is 0.325 e. The quantitative estimate of drug-likeness (QED) is 0.601. The van der Waals surface area contributed by atoms with Crippen molar-refractivity contribution in [3.8, 4) is 0 Å². The summed E-state index contributed by atoms with van der Waals surface area (Å²) in [7, 11) is 1.31. The Morgan fingerprint density at radius 3 is 2.52 bits per heavy atom. The van der Waals surface area contributed by atoms with Crippen molar-refractivity contribution in [2.45, 2.75) is 18.4 Å². The second kappa shape index (κ2) is 8.19. The predicted molar refractivity (Wildman–Crippen MR) is 119 cm³/mol. The van der Waals surface area contributed by atoms with E-state index in [9.17, 15) is 14.4 Å². The first-order valence-corrected chi connectivity index (χ1v) is 10.8. The lowest BCUT2D eigenvalue weighted by Gasteiger charge is -2.43. The van der Waals surface area contributed by atoms with Crippen LogP contribution in [0.3, 0.4) is 0 Å². The number of anilines is 1. The van der Waals surface area contributed by atoms with Crippen LogP contribution in [0.25, 0.3) is 11.0 Å². The van der Waals surface area contributed by atoms with Gasteiger partial charge in [0.05, 0.1) is 13.8 Å². The molecule has 1 N–H and O–H groups in total. The molecular weight excluding hydrogens is 424 g/mol. The van der Waals surface area contributed by atoms with E-state index in [2.05, 4.69) is 20.3 Å². The van der Waals surface area contributed by atoms with Crippen LogP contribution in [0, 0.1) is 0 Å². The van der Waals surface area contributed by atoms with E-state index in [0.717, 1.165) is 5.69 Å². The summed E-state index contributed by atoms with van der Waals surface area (Å²) in [6, 6.07) is 14.9. The number of aromatic nitrogens is 3. The van der Waals surface area contributed by atoms with Gasteiger partial charge < -0.3 is 19.4 Å². The molecular formula is C23H24N6O4. The average Bonchev–Trinajstić information content (AvgIpc) is 3.43. The van der Waals surface area contributed by atoms with E-state index in [1.54, 1.807) is 23.1 Å². The number of amides is 2. The summed E-state index contributed by atoms with van der Waals surface area (Å²) in [4.78, 5) is 43.9. The summed E-state index contributed by atoms with van der Waals surface area (Å²) in [5.41, 5.74) is 1.98. The van der Waals surface area contributed by atoms with Crippen LogP contribution in [0.2, 0.25) is 0 Å². The number of nitrogens with zero attached hydrogens (tertiary/aromatic N) is 5. The number of para-hydroxylation sites is 1. The van der Waals surface area contributed by atoms with Gasteiger partial charge in [0.25, 0.3) is 11.8 Å². The monoisotopic (exact) mass is 448 g/mol. The number of H-pyrrole nitrogens is 1. The Hall–Kier alpha value is -3.95. The number of likely N-dealkylation sites (tertiary alicyclic amines) is 1. The third-order valence-corrected chi connectivity index (χ3v) is 6.57. The van der Waals surface area contributed by atoms with Crippen molar-refractivity contribution >= 4 is 34.5 Å². The molecule has 33 heavy (non-hydrogen) atoms. The molecule has 0 atom stereocenters. The van der Waals surface area contributed by atoms with E-state index in [1.807, 2.05) is 30.3 Å². The topological polar surface area (TPSA) is 112 Å². The number of benzene rings is 2. The molecule has 2 aliphatic rings. The number of hydrogen-bond acceptors (Lipinski definition) is 7. The van der Waals surface area contributed by atoms with E-state index >= 15 is 0 Å². The fourth-order valence-electron chi connectivity index (χ4n) is 4.78. The number of piperidine rings is 1. The van der Waals surface area contributed by atoms with Gasteiger partial charge in [-0.05, 0) is 43.2 Å². The van der Waals surface area contributed by atoms with Crippen molar-refractivity contribution < 1.29 is 19.1 Å². The maximum atomic E-state index is 13.5. The second-order valence-electron chi connectivity index (χ2n) is 8.34. The van der Waals surface area contributed by atoms with Gasteiger partial charge in [-0.3, -0.25) is 14.4 Å². The number of nitrogens with one attached hydrogen (secondary N) is 1. The molecule has 0 bridgehead atoms. The highest BCUT2D eigenvalue weighted by molar-refractivity contribution is 5.98. The third-order valence-electron chi connectivity index (χ3n) is 6.57. The van der Waals surface area contributed by atoms with Crippen molar-refractivity contribution in [1.29, 1.82) is 0 Å². The Morgan fingerprint density at radius 2 is 1.79 bits per heavy atom. The first-order chi connectivity index (χ1) is 16.0. The lowest BCUT2D eigenvalue weighted by molar-refractivity contribution is -0.146. The van der Waals surface area contributed by atoms with Crippen LogP contribution in [0.15, 0.2) is 48.5 Å². The molecule has 0 radical (unpaired) electrons. The molecule has 2 aromatic carbocycles. The number of carbonyl (C=O) groups is 3. The normalized spacial score (nSPS) is 17.7. The lowest BCUT2D eigenvalue weighted by atomic mass is 9.85. The van der Waals surface area contributed by atoms with Gasteiger partial charge in [-0.15, -0.1) is 0 Å². The molecule has 0 aliphatic carbocycles. The predicted octanol–water partition coefficient (Wildman–Crippen LogP) is 1.41. The smallest absolute Gasteiger partial charge is 0.325 e. The summed E-state index contributed by atoms with van der Waals surface area (Å²) in [6.07, 6.45) is 0.937. The molecule has 3 heterocycles. The molecule has 2 aliphatic heterocycles. The van der Waals surface area contributed by atoms with Crippen molar-refractivity contribution in [3.63, 3.8) is 0 Å². The number of rotatable bonds is 4. The Labute approximate surface area is 190 Å². The second-order valence-corrected chi connectivity index (χ2v) is 8.34. The first-order valence-electron chi connectivity index (χ1n) is 10.8. The zero-order chi connectivity index (χ0) is 23.0. The van der Waals surface area contributed by atoms with Crippen molar-refractivity contribution in [2.24, 2.45) is 0 Å². The summed E-state index contributed by atoms with van der Waals surface area (Å²) >= 11 is 0. The number of aromatic amines is 1. The van der Waals surface area contributed by atoms with E-state index in [4.69, 9.17) is 4.74 Å². The third kappa shape index (κ3) is 3.57. The van der Waals surface area contributed by atoms with Crippen LogP contribution in [-0.4, -0.2) is 81.9 Å². The maximum absolute atomic E-state index is 13.5. The molecule has 170 valence electrons. The molecule has 0 unspecified atom stereocenters. The zero-order valence-corrected chi connectivity index (χ0v) is 18.2. The molecule has 10 heteroatoms. The Morgan fingerprint density at radius 1 is 1.06 bits per heavy atom. The number of methoxy groups -OCH3 is 1. The Bertz CT molecular complexity index is 1200. The van der Waals surface area contributed by atoms with Crippen LogP contribution < -0.4 is 4.90 Å². The molecule has 10 nitrogen and oxygen atoms in total. The average molecular weight is 448 g/mol. The first kappa shape index (κ1) is 20.9. The van der Waals surface area contributed by atoms with Gasteiger partial charge in [-0.2, -0.15) is 15.4 Å². The summed E-state index contributed by atoms with van der Waals surface area (Å²) in [6.45, 7) is 1.06. The van der Waals surface area contributed by atoms with Crippen molar-refractivity contribution in [3.05, 3.63) is 54.1 Å². The fraction of sp³-hybridized carbons (Fsp3) is 0.348. The van der Waals surface area contributed by atoms with Crippen molar-refractivity contribution in [2.75, 3.05) is 38.3 Å². The molecule has 2 saturated heterocycles. The summed E-state index contributed by atoms with van der Waals surface area (Å²) in [5.74, 6) is -0.657. The van der Waals surface area contributed by atoms with E-state index < -0.39 is 11.5 Å². The van der Waals surface area contributed by atoms with Crippen LogP contribution >= 0.6 is 0 Å². The van der Waals surface area contributed by atoms with Crippen LogP contribution in [0.4, 0.5) is 5.69 Å². The van der Waals surface area contributed by atoms with E-state index in [0.29, 0.717) is 49.2 Å². The van der Waals surface area contributed by atoms with Crippen LogP contribution in [0.5, 0.6) is 0 Å². The lowest BCUT2D eigenvalue weighted by Crippen LogP contribution is -2.57. The summed E-state index contributed by atoms with van der Waals surface area (Å²) < 4.78 is 4.78.